The van der Waals surface area contributed by atoms with E-state index >= 15 is 0 Å². The number of benzene rings is 1. The summed E-state index contributed by atoms with van der Waals surface area (Å²) in [5, 5.41) is 10.6. The van der Waals surface area contributed by atoms with E-state index in [4.69, 9.17) is 5.26 Å². The molecule has 68 valence electrons. The highest BCUT2D eigenvalue weighted by molar-refractivity contribution is 8.03. The van der Waals surface area contributed by atoms with Gasteiger partial charge in [0, 0.05) is 24.7 Å². The standard InChI is InChI=1S/C10H12N2S/c1-8-6-9(12(2)3)4-5-10(8)13-7-11/h4-6H,1-3H3. The van der Waals surface area contributed by atoms with Gasteiger partial charge in [-0.15, -0.1) is 0 Å². The summed E-state index contributed by atoms with van der Waals surface area (Å²) in [4.78, 5) is 3.08. The second-order valence-corrected chi connectivity index (χ2v) is 3.86. The molecule has 0 radical (unpaired) electrons. The first-order valence-corrected chi connectivity index (χ1v) is 4.80. The number of hydrogen-bond acceptors (Lipinski definition) is 3. The lowest BCUT2D eigenvalue weighted by Gasteiger charge is -2.13. The molecule has 0 spiro atoms. The minimum Gasteiger partial charge on any atom is -0.378 e. The fraction of sp³-hybridized carbons (Fsp3) is 0.300. The maximum Gasteiger partial charge on any atom is 0.138 e. The lowest BCUT2D eigenvalue weighted by molar-refractivity contribution is 1.12. The smallest absolute Gasteiger partial charge is 0.138 e. The van der Waals surface area contributed by atoms with E-state index in [2.05, 4.69) is 11.5 Å². The third kappa shape index (κ3) is 2.40. The molecule has 0 aliphatic rings. The quantitative estimate of drug-likeness (QED) is 0.532. The van der Waals surface area contributed by atoms with Crippen LogP contribution < -0.4 is 4.90 Å². The number of aryl methyl sites for hydroxylation is 1. The van der Waals surface area contributed by atoms with Gasteiger partial charge in [0.1, 0.15) is 5.40 Å². The summed E-state index contributed by atoms with van der Waals surface area (Å²) in [6.07, 6.45) is 0. The van der Waals surface area contributed by atoms with Crippen molar-refractivity contribution in [2.24, 2.45) is 0 Å². The highest BCUT2D eigenvalue weighted by Gasteiger charge is 2.01. The highest BCUT2D eigenvalue weighted by Crippen LogP contribution is 2.24. The van der Waals surface area contributed by atoms with E-state index in [9.17, 15) is 0 Å². The Morgan fingerprint density at radius 2 is 2.08 bits per heavy atom. The van der Waals surface area contributed by atoms with Crippen LogP contribution in [0.15, 0.2) is 23.1 Å². The monoisotopic (exact) mass is 192 g/mol. The molecule has 0 saturated carbocycles. The lowest BCUT2D eigenvalue weighted by Crippen LogP contribution is -2.08. The minimum atomic E-state index is 1.04. The van der Waals surface area contributed by atoms with Gasteiger partial charge < -0.3 is 4.90 Å². The zero-order valence-electron chi connectivity index (χ0n) is 8.03. The van der Waals surface area contributed by atoms with E-state index < -0.39 is 0 Å². The Balaban J connectivity index is 3.00. The maximum atomic E-state index is 8.53. The Labute approximate surface area is 83.2 Å². The number of anilines is 1. The van der Waals surface area contributed by atoms with Gasteiger partial charge in [-0.25, -0.2) is 0 Å². The Hall–Kier alpha value is -1.14. The molecule has 0 aliphatic carbocycles. The van der Waals surface area contributed by atoms with Crippen molar-refractivity contribution < 1.29 is 0 Å². The zero-order chi connectivity index (χ0) is 9.84. The predicted molar refractivity (Wildman–Crippen MR) is 57.0 cm³/mol. The van der Waals surface area contributed by atoms with E-state index in [-0.39, 0.29) is 0 Å². The molecule has 0 atom stereocenters. The summed E-state index contributed by atoms with van der Waals surface area (Å²) in [7, 11) is 4.01. The molecule has 1 aromatic carbocycles. The fourth-order valence-corrected chi connectivity index (χ4v) is 1.53. The number of hydrogen-bond donors (Lipinski definition) is 0. The average molecular weight is 192 g/mol. The molecule has 1 rings (SSSR count). The molecule has 13 heavy (non-hydrogen) atoms. The van der Waals surface area contributed by atoms with Crippen molar-refractivity contribution in [2.45, 2.75) is 11.8 Å². The Morgan fingerprint density at radius 1 is 1.38 bits per heavy atom. The van der Waals surface area contributed by atoms with E-state index in [0.29, 0.717) is 0 Å². The third-order valence-electron chi connectivity index (χ3n) is 1.83. The van der Waals surface area contributed by atoms with Gasteiger partial charge in [-0.2, -0.15) is 5.26 Å². The van der Waals surface area contributed by atoms with E-state index in [0.717, 1.165) is 10.5 Å². The summed E-state index contributed by atoms with van der Waals surface area (Å²) in [5.74, 6) is 0. The number of thiocyanates is 1. The summed E-state index contributed by atoms with van der Waals surface area (Å²) < 4.78 is 0. The van der Waals surface area contributed by atoms with Gasteiger partial charge in [0.15, 0.2) is 0 Å². The van der Waals surface area contributed by atoms with Crippen molar-refractivity contribution in [1.82, 2.24) is 0 Å². The van der Waals surface area contributed by atoms with Crippen LogP contribution >= 0.6 is 11.8 Å². The molecular weight excluding hydrogens is 180 g/mol. The van der Waals surface area contributed by atoms with Crippen molar-refractivity contribution in [2.75, 3.05) is 19.0 Å². The van der Waals surface area contributed by atoms with Gasteiger partial charge in [-0.3, -0.25) is 0 Å². The molecule has 0 fully saturated rings. The third-order valence-corrected chi connectivity index (χ3v) is 2.60. The molecule has 0 amide bonds. The van der Waals surface area contributed by atoms with Gasteiger partial charge in [0.25, 0.3) is 0 Å². The second kappa shape index (κ2) is 4.20. The largest absolute Gasteiger partial charge is 0.378 e. The SMILES string of the molecule is Cc1cc(N(C)C)ccc1SC#N. The highest BCUT2D eigenvalue weighted by atomic mass is 32.2. The molecule has 0 bridgehead atoms. The van der Waals surface area contributed by atoms with Crippen LogP contribution in [0.4, 0.5) is 5.69 Å². The molecule has 0 aromatic heterocycles. The summed E-state index contributed by atoms with van der Waals surface area (Å²) in [6.45, 7) is 2.02. The Morgan fingerprint density at radius 3 is 2.54 bits per heavy atom. The average Bonchev–Trinajstić information content (AvgIpc) is 2.08. The number of nitriles is 1. The molecule has 0 heterocycles. The molecular formula is C10H12N2S. The second-order valence-electron chi connectivity index (χ2n) is 3.04. The topological polar surface area (TPSA) is 27.0 Å². The zero-order valence-corrected chi connectivity index (χ0v) is 8.85. The van der Waals surface area contributed by atoms with Crippen LogP contribution in [0, 0.1) is 17.6 Å². The van der Waals surface area contributed by atoms with Crippen LogP contribution in [0.2, 0.25) is 0 Å². The van der Waals surface area contributed by atoms with E-state index in [1.165, 1.54) is 17.4 Å². The molecule has 2 nitrogen and oxygen atoms in total. The van der Waals surface area contributed by atoms with Gasteiger partial charge in [0.05, 0.1) is 0 Å². The fourth-order valence-electron chi connectivity index (χ4n) is 1.08. The number of nitrogens with zero attached hydrogens (tertiary/aromatic N) is 2. The van der Waals surface area contributed by atoms with Gasteiger partial charge in [-0.05, 0) is 42.4 Å². The van der Waals surface area contributed by atoms with Crippen molar-refractivity contribution in [3.63, 3.8) is 0 Å². The van der Waals surface area contributed by atoms with Crippen molar-refractivity contribution in [3.05, 3.63) is 23.8 Å². The normalized spacial score (nSPS) is 9.38. The first-order chi connectivity index (χ1) is 6.15. The summed E-state index contributed by atoms with van der Waals surface area (Å²) in [5.41, 5.74) is 2.32. The number of rotatable bonds is 2. The van der Waals surface area contributed by atoms with Crippen LogP contribution in [0.3, 0.4) is 0 Å². The summed E-state index contributed by atoms with van der Waals surface area (Å²) >= 11 is 1.21. The van der Waals surface area contributed by atoms with Gasteiger partial charge >= 0.3 is 0 Å². The first kappa shape index (κ1) is 9.94. The van der Waals surface area contributed by atoms with Crippen LogP contribution in [-0.2, 0) is 0 Å². The van der Waals surface area contributed by atoms with E-state index in [1.807, 2.05) is 38.1 Å². The van der Waals surface area contributed by atoms with Crippen molar-refractivity contribution in [3.8, 4) is 5.40 Å². The molecule has 3 heteroatoms. The lowest BCUT2D eigenvalue weighted by atomic mass is 10.2. The molecule has 1 aromatic rings. The van der Waals surface area contributed by atoms with Gasteiger partial charge in [0.2, 0.25) is 0 Å². The molecule has 0 unspecified atom stereocenters. The minimum absolute atomic E-state index is 1.04. The van der Waals surface area contributed by atoms with E-state index in [1.54, 1.807) is 0 Å². The van der Waals surface area contributed by atoms with Crippen LogP contribution in [-0.4, -0.2) is 14.1 Å². The predicted octanol–water partition coefficient (Wildman–Crippen LogP) is 2.63. The molecule has 0 saturated heterocycles. The number of thioether (sulfide) groups is 1. The van der Waals surface area contributed by atoms with Crippen LogP contribution in [0.25, 0.3) is 0 Å². The first-order valence-electron chi connectivity index (χ1n) is 3.99. The molecule has 0 aliphatic heterocycles. The Kier molecular flexibility index (Phi) is 3.21. The van der Waals surface area contributed by atoms with Gasteiger partial charge in [-0.1, -0.05) is 0 Å². The Bertz CT molecular complexity index is 339. The molecule has 0 N–H and O–H groups in total. The maximum absolute atomic E-state index is 8.53. The van der Waals surface area contributed by atoms with Crippen LogP contribution in [0.1, 0.15) is 5.56 Å². The summed E-state index contributed by atoms with van der Waals surface area (Å²) in [6, 6.07) is 6.09. The van der Waals surface area contributed by atoms with Crippen molar-refractivity contribution >= 4 is 17.4 Å². The van der Waals surface area contributed by atoms with Crippen LogP contribution in [0.5, 0.6) is 0 Å². The van der Waals surface area contributed by atoms with Crippen molar-refractivity contribution in [1.29, 1.82) is 5.26 Å².